The molecule has 0 saturated carbocycles. The lowest BCUT2D eigenvalue weighted by molar-refractivity contribution is -0.162. The summed E-state index contributed by atoms with van der Waals surface area (Å²) in [5.41, 5.74) is 9.61. The van der Waals surface area contributed by atoms with Crippen molar-refractivity contribution < 1.29 is 24.2 Å². The summed E-state index contributed by atoms with van der Waals surface area (Å²) in [6, 6.07) is 12.0. The Kier molecular flexibility index (Phi) is 5.88. The number of carbonyl (C=O) groups excluding carboxylic acids is 2. The molecule has 2 aromatic rings. The van der Waals surface area contributed by atoms with E-state index >= 15 is 0 Å². The minimum Gasteiger partial charge on any atom is -0.477 e. The fourth-order valence-electron chi connectivity index (χ4n) is 5.65. The van der Waals surface area contributed by atoms with E-state index in [1.54, 1.807) is 26.0 Å². The summed E-state index contributed by atoms with van der Waals surface area (Å²) >= 11 is 0. The Morgan fingerprint density at radius 1 is 1.03 bits per heavy atom. The third kappa shape index (κ3) is 3.32. The number of para-hydroxylation sites is 1. The molecule has 2 unspecified atom stereocenters. The average Bonchev–Trinajstić information content (AvgIpc) is 3.33. The van der Waals surface area contributed by atoms with Gasteiger partial charge in [-0.25, -0.2) is 18.9 Å². The SMILES string of the molecule is CCOC(=O)[C@H](C1Cc2ccccc2C1)[N+]1(C(=O)C(C)N)c2ccccc2C[C@H]1C(=O)O. The third-order valence-corrected chi connectivity index (χ3v) is 6.83. The number of aliphatic carboxylic acids is 1. The normalized spacial score (nSPS) is 23.8. The Morgan fingerprint density at radius 3 is 2.12 bits per heavy atom. The van der Waals surface area contributed by atoms with Crippen LogP contribution in [0, 0.1) is 5.92 Å². The van der Waals surface area contributed by atoms with Crippen LogP contribution in [0.1, 0.15) is 30.5 Å². The third-order valence-electron chi connectivity index (χ3n) is 6.83. The molecule has 4 atom stereocenters. The number of carboxylic acid groups (broad SMARTS) is 1. The van der Waals surface area contributed by atoms with E-state index in [4.69, 9.17) is 10.5 Å². The molecule has 168 valence electrons. The number of rotatable bonds is 6. The molecule has 2 aliphatic rings. The van der Waals surface area contributed by atoms with Gasteiger partial charge in [0.05, 0.1) is 6.61 Å². The van der Waals surface area contributed by atoms with Crippen molar-refractivity contribution in [3.8, 4) is 0 Å². The molecule has 7 nitrogen and oxygen atoms in total. The molecule has 4 rings (SSSR count). The van der Waals surface area contributed by atoms with E-state index in [9.17, 15) is 19.5 Å². The number of esters is 1. The molecular formula is C25H29N2O5+. The zero-order valence-electron chi connectivity index (χ0n) is 18.4. The monoisotopic (exact) mass is 437 g/mol. The first-order chi connectivity index (χ1) is 15.3. The molecule has 0 spiro atoms. The average molecular weight is 438 g/mol. The number of ether oxygens (including phenoxy) is 1. The largest absolute Gasteiger partial charge is 0.477 e. The maximum Gasteiger partial charge on any atom is 0.366 e. The first-order valence-electron chi connectivity index (χ1n) is 11.0. The van der Waals surface area contributed by atoms with Crippen molar-refractivity contribution in [1.29, 1.82) is 0 Å². The summed E-state index contributed by atoms with van der Waals surface area (Å²) in [6.07, 6.45) is 1.29. The summed E-state index contributed by atoms with van der Waals surface area (Å²) in [4.78, 5) is 40.0. The van der Waals surface area contributed by atoms with Crippen LogP contribution < -0.4 is 10.2 Å². The molecular weight excluding hydrogens is 408 g/mol. The fraction of sp³-hybridized carbons (Fsp3) is 0.400. The van der Waals surface area contributed by atoms with Gasteiger partial charge in [-0.1, -0.05) is 42.5 Å². The van der Waals surface area contributed by atoms with Gasteiger partial charge in [-0.15, -0.1) is 0 Å². The van der Waals surface area contributed by atoms with Crippen LogP contribution in [-0.2, 0) is 38.4 Å². The second-order valence-electron chi connectivity index (χ2n) is 8.72. The van der Waals surface area contributed by atoms with E-state index in [-0.39, 0.29) is 18.9 Å². The molecule has 3 N–H and O–H groups in total. The van der Waals surface area contributed by atoms with E-state index in [0.29, 0.717) is 18.5 Å². The van der Waals surface area contributed by atoms with Crippen LogP contribution in [0.3, 0.4) is 0 Å². The molecule has 0 saturated heterocycles. The van der Waals surface area contributed by atoms with Crippen molar-refractivity contribution >= 4 is 23.5 Å². The van der Waals surface area contributed by atoms with Crippen molar-refractivity contribution in [2.24, 2.45) is 11.7 Å². The molecule has 0 aromatic heterocycles. The molecule has 0 radical (unpaired) electrons. The van der Waals surface area contributed by atoms with Crippen molar-refractivity contribution in [3.63, 3.8) is 0 Å². The van der Waals surface area contributed by atoms with Gasteiger partial charge in [0.2, 0.25) is 12.1 Å². The van der Waals surface area contributed by atoms with E-state index in [2.05, 4.69) is 0 Å². The molecule has 0 bridgehead atoms. The topological polar surface area (TPSA) is 107 Å². The molecule has 1 heterocycles. The maximum atomic E-state index is 13.9. The molecule has 0 fully saturated rings. The highest BCUT2D eigenvalue weighted by Crippen LogP contribution is 2.46. The number of nitrogens with two attached hydrogens (primary N) is 1. The summed E-state index contributed by atoms with van der Waals surface area (Å²) in [7, 11) is 0. The number of hydrogen-bond donors (Lipinski definition) is 2. The second-order valence-corrected chi connectivity index (χ2v) is 8.72. The predicted octanol–water partition coefficient (Wildman–Crippen LogP) is 2.22. The lowest BCUT2D eigenvalue weighted by Crippen LogP contribution is -2.73. The Labute approximate surface area is 187 Å². The van der Waals surface area contributed by atoms with Gasteiger partial charge in [-0.3, -0.25) is 0 Å². The molecule has 1 aliphatic carbocycles. The number of fused-ring (bicyclic) bond motifs is 2. The van der Waals surface area contributed by atoms with Crippen molar-refractivity contribution in [2.75, 3.05) is 6.61 Å². The zero-order chi connectivity index (χ0) is 23.0. The second kappa shape index (κ2) is 8.48. The van der Waals surface area contributed by atoms with Gasteiger partial charge in [-0.2, -0.15) is 0 Å². The Bertz CT molecular complexity index is 1040. The van der Waals surface area contributed by atoms with Gasteiger partial charge in [-0.05, 0) is 43.9 Å². The highest BCUT2D eigenvalue weighted by atomic mass is 16.5. The molecule has 1 aliphatic heterocycles. The van der Waals surface area contributed by atoms with Crippen molar-refractivity contribution in [2.45, 2.75) is 51.2 Å². The number of amides is 1. The minimum absolute atomic E-state index is 0.140. The van der Waals surface area contributed by atoms with Gasteiger partial charge < -0.3 is 15.6 Å². The van der Waals surface area contributed by atoms with Gasteiger partial charge >= 0.3 is 17.8 Å². The van der Waals surface area contributed by atoms with Gasteiger partial charge in [0.1, 0.15) is 11.7 Å². The number of nitrogens with zero attached hydrogens (tertiary/aromatic N) is 1. The fourth-order valence-corrected chi connectivity index (χ4v) is 5.65. The quantitative estimate of drug-likeness (QED) is 0.530. The molecule has 1 amide bonds. The first kappa shape index (κ1) is 22.2. The van der Waals surface area contributed by atoms with E-state index in [0.717, 1.165) is 16.7 Å². The predicted molar refractivity (Wildman–Crippen MR) is 120 cm³/mol. The van der Waals surface area contributed by atoms with Crippen LogP contribution in [0.5, 0.6) is 0 Å². The summed E-state index contributed by atoms with van der Waals surface area (Å²) in [6.45, 7) is 3.40. The highest BCUT2D eigenvalue weighted by Gasteiger charge is 2.65. The summed E-state index contributed by atoms with van der Waals surface area (Å²) in [5.74, 6) is -2.44. The van der Waals surface area contributed by atoms with Crippen molar-refractivity contribution in [3.05, 3.63) is 65.2 Å². The smallest absolute Gasteiger partial charge is 0.366 e. The number of carboxylic acids is 1. The number of benzene rings is 2. The zero-order valence-corrected chi connectivity index (χ0v) is 18.4. The van der Waals surface area contributed by atoms with Crippen molar-refractivity contribution in [1.82, 2.24) is 4.48 Å². The highest BCUT2D eigenvalue weighted by molar-refractivity contribution is 6.03. The number of hydrogen-bond acceptors (Lipinski definition) is 5. The minimum atomic E-state index is -1.15. The van der Waals surface area contributed by atoms with Crippen LogP contribution in [0.2, 0.25) is 0 Å². The van der Waals surface area contributed by atoms with Crippen LogP contribution in [0.25, 0.3) is 0 Å². The van der Waals surface area contributed by atoms with Gasteiger partial charge in [0.15, 0.2) is 0 Å². The Hall–Kier alpha value is -3.03. The van der Waals surface area contributed by atoms with Gasteiger partial charge in [0.25, 0.3) is 0 Å². The van der Waals surface area contributed by atoms with Crippen LogP contribution >= 0.6 is 0 Å². The Morgan fingerprint density at radius 2 is 1.59 bits per heavy atom. The number of quaternary nitrogens is 1. The van der Waals surface area contributed by atoms with Crippen LogP contribution in [0.15, 0.2) is 48.5 Å². The first-order valence-corrected chi connectivity index (χ1v) is 11.0. The molecule has 2 aromatic carbocycles. The molecule has 32 heavy (non-hydrogen) atoms. The lowest BCUT2D eigenvalue weighted by atomic mass is 9.90. The molecule has 7 heteroatoms. The van der Waals surface area contributed by atoms with Crippen LogP contribution in [0.4, 0.5) is 5.69 Å². The summed E-state index contributed by atoms with van der Waals surface area (Å²) < 4.78 is 4.86. The Balaban J connectivity index is 1.96. The maximum absolute atomic E-state index is 13.9. The van der Waals surface area contributed by atoms with Crippen LogP contribution in [-0.4, -0.2) is 47.7 Å². The van der Waals surface area contributed by atoms with Gasteiger partial charge in [0, 0.05) is 17.9 Å². The summed E-state index contributed by atoms with van der Waals surface area (Å²) in [5, 5.41) is 10.3. The number of carbonyl (C=O) groups is 3. The van der Waals surface area contributed by atoms with E-state index in [1.165, 1.54) is 0 Å². The standard InChI is InChI=1S/C25H28N2O5/c1-3-32-25(31)22(19-12-16-8-4-5-9-17(16)13-19)27(23(28)15(2)26)20-11-7-6-10-18(20)14-21(27)24(29)30/h4-11,15,19,21-22H,3,12-14,26H2,1-2H3/p+1/t15?,21-,22-,27?/m0/s1. The van der Waals surface area contributed by atoms with E-state index in [1.807, 2.05) is 36.4 Å². The van der Waals surface area contributed by atoms with E-state index < -0.39 is 40.5 Å². The lowest BCUT2D eigenvalue weighted by Gasteiger charge is -2.43.